The summed E-state index contributed by atoms with van der Waals surface area (Å²) in [6.45, 7) is 4.86. The molecule has 7 heteroatoms. The van der Waals surface area contributed by atoms with Gasteiger partial charge < -0.3 is 21.1 Å². The van der Waals surface area contributed by atoms with Gasteiger partial charge in [-0.2, -0.15) is 0 Å². The Morgan fingerprint density at radius 2 is 1.72 bits per heavy atom. The molecule has 1 unspecified atom stereocenters. The smallest absolute Gasteiger partial charge is 0.325 e. The summed E-state index contributed by atoms with van der Waals surface area (Å²) >= 11 is 0. The van der Waals surface area contributed by atoms with Gasteiger partial charge in [0.05, 0.1) is 13.2 Å². The van der Waals surface area contributed by atoms with Gasteiger partial charge in [-0.25, -0.2) is 0 Å². The molecule has 104 valence electrons. The minimum atomic E-state index is -0.729. The van der Waals surface area contributed by atoms with Gasteiger partial charge in [-0.15, -0.1) is 0 Å². The molecule has 0 saturated carbocycles. The Morgan fingerprint density at radius 3 is 2.11 bits per heavy atom. The second-order valence-electron chi connectivity index (χ2n) is 4.31. The molecule has 0 fully saturated rings. The molecule has 2 atom stereocenters. The molecule has 0 bridgehead atoms. The topological polar surface area (TPSA) is 111 Å². The normalized spacial score (nSPS) is 13.7. The molecule has 0 aromatic rings. The average Bonchev–Trinajstić information content (AvgIpc) is 2.31. The van der Waals surface area contributed by atoms with Gasteiger partial charge in [-0.3, -0.25) is 14.4 Å². The monoisotopic (exact) mass is 259 g/mol. The first-order chi connectivity index (χ1) is 8.29. The third-order valence-electron chi connectivity index (χ3n) is 2.30. The number of amides is 2. The van der Waals surface area contributed by atoms with Crippen molar-refractivity contribution in [2.24, 2.45) is 11.7 Å². The van der Waals surface area contributed by atoms with Crippen LogP contribution in [0.5, 0.6) is 0 Å². The molecular weight excluding hydrogens is 238 g/mol. The van der Waals surface area contributed by atoms with Crippen LogP contribution in [0.25, 0.3) is 0 Å². The van der Waals surface area contributed by atoms with E-state index in [1.54, 1.807) is 13.8 Å². The van der Waals surface area contributed by atoms with Crippen molar-refractivity contribution < 1.29 is 19.1 Å². The van der Waals surface area contributed by atoms with Crippen molar-refractivity contribution in [3.05, 3.63) is 0 Å². The Bertz CT molecular complexity index is 315. The van der Waals surface area contributed by atoms with E-state index in [9.17, 15) is 14.4 Å². The summed E-state index contributed by atoms with van der Waals surface area (Å²) in [5.74, 6) is -1.53. The van der Waals surface area contributed by atoms with Crippen LogP contribution >= 0.6 is 0 Å². The molecule has 0 aromatic heterocycles. The third-order valence-corrected chi connectivity index (χ3v) is 2.30. The number of nitrogens with one attached hydrogen (secondary N) is 2. The highest BCUT2D eigenvalue weighted by Gasteiger charge is 2.25. The molecule has 0 aliphatic rings. The van der Waals surface area contributed by atoms with Crippen LogP contribution in [-0.2, 0) is 19.1 Å². The van der Waals surface area contributed by atoms with Crippen molar-refractivity contribution in [1.82, 2.24) is 10.6 Å². The third kappa shape index (κ3) is 5.62. The lowest BCUT2D eigenvalue weighted by Gasteiger charge is -2.22. The van der Waals surface area contributed by atoms with Crippen LogP contribution < -0.4 is 16.4 Å². The van der Waals surface area contributed by atoms with Crippen LogP contribution in [0.4, 0.5) is 0 Å². The van der Waals surface area contributed by atoms with E-state index in [2.05, 4.69) is 15.4 Å². The molecule has 0 aliphatic heterocycles. The molecule has 18 heavy (non-hydrogen) atoms. The lowest BCUT2D eigenvalue weighted by atomic mass is 10.0. The van der Waals surface area contributed by atoms with Gasteiger partial charge in [0.1, 0.15) is 12.6 Å². The minimum absolute atomic E-state index is 0.120. The zero-order chi connectivity index (χ0) is 14.3. The van der Waals surface area contributed by atoms with E-state index in [4.69, 9.17) is 5.73 Å². The van der Waals surface area contributed by atoms with Crippen LogP contribution in [0.2, 0.25) is 0 Å². The largest absolute Gasteiger partial charge is 0.468 e. The highest BCUT2D eigenvalue weighted by Crippen LogP contribution is 2.02. The Morgan fingerprint density at radius 1 is 1.17 bits per heavy atom. The van der Waals surface area contributed by atoms with Crippen molar-refractivity contribution in [2.45, 2.75) is 32.9 Å². The fraction of sp³-hybridized carbons (Fsp3) is 0.727. The molecule has 4 N–H and O–H groups in total. The highest BCUT2D eigenvalue weighted by molar-refractivity contribution is 5.91. The number of carbonyl (C=O) groups excluding carboxylic acids is 3. The Hall–Kier alpha value is -1.63. The van der Waals surface area contributed by atoms with Gasteiger partial charge in [-0.1, -0.05) is 13.8 Å². The van der Waals surface area contributed by atoms with Crippen molar-refractivity contribution in [2.75, 3.05) is 13.7 Å². The SMILES string of the molecule is COC(=O)CNC(=O)C(NC(=O)[C@H](C)N)C(C)C. The van der Waals surface area contributed by atoms with Gasteiger partial charge >= 0.3 is 5.97 Å². The van der Waals surface area contributed by atoms with E-state index in [1.165, 1.54) is 14.0 Å². The lowest BCUT2D eigenvalue weighted by Crippen LogP contribution is -2.53. The first-order valence-electron chi connectivity index (χ1n) is 5.70. The molecular formula is C11H21N3O4. The summed E-state index contributed by atoms with van der Waals surface area (Å²) < 4.78 is 4.40. The van der Waals surface area contributed by atoms with Gasteiger partial charge in [0.2, 0.25) is 11.8 Å². The number of hydrogen-bond acceptors (Lipinski definition) is 5. The minimum Gasteiger partial charge on any atom is -0.468 e. The van der Waals surface area contributed by atoms with Crippen LogP contribution in [0.1, 0.15) is 20.8 Å². The number of methoxy groups -OCH3 is 1. The van der Waals surface area contributed by atoms with Gasteiger partial charge in [-0.05, 0) is 12.8 Å². The second-order valence-corrected chi connectivity index (χ2v) is 4.31. The highest BCUT2D eigenvalue weighted by atomic mass is 16.5. The Kier molecular flexibility index (Phi) is 6.96. The molecule has 0 spiro atoms. The lowest BCUT2D eigenvalue weighted by molar-refractivity contribution is -0.141. The fourth-order valence-corrected chi connectivity index (χ4v) is 1.16. The van der Waals surface area contributed by atoms with E-state index < -0.39 is 29.9 Å². The van der Waals surface area contributed by atoms with Gasteiger partial charge in [0.15, 0.2) is 0 Å². The fourth-order valence-electron chi connectivity index (χ4n) is 1.16. The first-order valence-corrected chi connectivity index (χ1v) is 5.70. The Labute approximate surface area is 106 Å². The number of rotatable bonds is 6. The van der Waals surface area contributed by atoms with Gasteiger partial charge in [0.25, 0.3) is 0 Å². The van der Waals surface area contributed by atoms with E-state index >= 15 is 0 Å². The van der Waals surface area contributed by atoms with Gasteiger partial charge in [0, 0.05) is 0 Å². The molecule has 0 aliphatic carbocycles. The van der Waals surface area contributed by atoms with Crippen LogP contribution in [0.3, 0.4) is 0 Å². The summed E-state index contributed by atoms with van der Waals surface area (Å²) in [4.78, 5) is 34.1. The molecule has 0 saturated heterocycles. The van der Waals surface area contributed by atoms with Crippen LogP contribution in [-0.4, -0.2) is 43.5 Å². The maximum absolute atomic E-state index is 11.8. The summed E-state index contributed by atoms with van der Waals surface area (Å²) in [6, 6.07) is -1.42. The zero-order valence-corrected chi connectivity index (χ0v) is 11.1. The molecule has 0 heterocycles. The summed E-state index contributed by atoms with van der Waals surface area (Å²) in [6.07, 6.45) is 0. The molecule has 7 nitrogen and oxygen atoms in total. The predicted molar refractivity (Wildman–Crippen MR) is 65.4 cm³/mol. The molecule has 0 rings (SSSR count). The van der Waals surface area contributed by atoms with Crippen LogP contribution in [0.15, 0.2) is 0 Å². The van der Waals surface area contributed by atoms with E-state index in [-0.39, 0.29) is 12.5 Å². The summed E-state index contributed by atoms with van der Waals surface area (Å²) in [5.41, 5.74) is 5.41. The maximum atomic E-state index is 11.8. The van der Waals surface area contributed by atoms with Crippen molar-refractivity contribution in [3.63, 3.8) is 0 Å². The van der Waals surface area contributed by atoms with E-state index in [0.717, 1.165) is 0 Å². The molecule has 2 amide bonds. The van der Waals surface area contributed by atoms with Crippen molar-refractivity contribution in [3.8, 4) is 0 Å². The number of ether oxygens (including phenoxy) is 1. The maximum Gasteiger partial charge on any atom is 0.325 e. The first kappa shape index (κ1) is 16.4. The van der Waals surface area contributed by atoms with Crippen molar-refractivity contribution in [1.29, 1.82) is 0 Å². The van der Waals surface area contributed by atoms with Crippen LogP contribution in [0, 0.1) is 5.92 Å². The number of carbonyl (C=O) groups is 3. The Balaban J connectivity index is 4.46. The number of hydrogen-bond donors (Lipinski definition) is 3. The number of nitrogens with two attached hydrogens (primary N) is 1. The average molecular weight is 259 g/mol. The van der Waals surface area contributed by atoms with E-state index in [1.807, 2.05) is 0 Å². The molecule has 0 aromatic carbocycles. The van der Waals surface area contributed by atoms with E-state index in [0.29, 0.717) is 0 Å². The zero-order valence-electron chi connectivity index (χ0n) is 11.1. The molecule has 0 radical (unpaired) electrons. The number of esters is 1. The standard InChI is InChI=1S/C11H21N3O4/c1-6(2)9(14-10(16)7(3)12)11(17)13-5-8(15)18-4/h6-7,9H,5,12H2,1-4H3,(H,13,17)(H,14,16)/t7-,9?/m0/s1. The summed E-state index contributed by atoms with van der Waals surface area (Å²) in [7, 11) is 1.23. The quantitative estimate of drug-likeness (QED) is 0.517. The second kappa shape index (κ2) is 7.65. The van der Waals surface area contributed by atoms with Crippen molar-refractivity contribution >= 4 is 17.8 Å². The summed E-state index contributed by atoms with van der Waals surface area (Å²) in [5, 5.41) is 4.92. The predicted octanol–water partition coefficient (Wildman–Crippen LogP) is -1.24.